The van der Waals surface area contributed by atoms with Gasteiger partial charge in [0.15, 0.2) is 0 Å². The van der Waals surface area contributed by atoms with E-state index in [0.717, 1.165) is 10.5 Å². The first-order valence-electron chi connectivity index (χ1n) is 10.9. The van der Waals surface area contributed by atoms with Crippen LogP contribution in [-0.4, -0.2) is 109 Å². The molecule has 0 saturated carbocycles. The van der Waals surface area contributed by atoms with E-state index in [0.29, 0.717) is 85.9 Å². The Bertz CT molecular complexity index is 519. The molecule has 0 bridgehead atoms. The summed E-state index contributed by atoms with van der Waals surface area (Å²) in [6.45, 7) is 6.36. The van der Waals surface area contributed by atoms with Crippen molar-refractivity contribution >= 4 is 12.6 Å². The lowest BCUT2D eigenvalue weighted by atomic mass is 10.1. The second-order valence-corrected chi connectivity index (χ2v) is 7.10. The third-order valence-electron chi connectivity index (χ3n) is 4.02. The Morgan fingerprint density at radius 2 is 0.906 bits per heavy atom. The van der Waals surface area contributed by atoms with Crippen LogP contribution in [0.3, 0.4) is 0 Å². The van der Waals surface area contributed by atoms with Crippen molar-refractivity contribution in [2.24, 2.45) is 0 Å². The minimum Gasteiger partial charge on any atom is -0.394 e. The molecule has 0 aliphatic carbocycles. The molecule has 0 radical (unpaired) electrons. The molecular weight excluding hydrogens is 440 g/mol. The van der Waals surface area contributed by atoms with Crippen LogP contribution in [0.2, 0.25) is 0 Å². The molecule has 1 unspecified atom stereocenters. The molecule has 0 saturated heterocycles. The lowest BCUT2D eigenvalue weighted by Crippen LogP contribution is -2.15. The molecule has 0 aliphatic rings. The lowest BCUT2D eigenvalue weighted by molar-refractivity contribution is -0.0262. The van der Waals surface area contributed by atoms with E-state index in [1.54, 1.807) is 0 Å². The van der Waals surface area contributed by atoms with Gasteiger partial charge in [0, 0.05) is 4.90 Å². The second kappa shape index (κ2) is 22.0. The van der Waals surface area contributed by atoms with Crippen LogP contribution in [-0.2, 0) is 33.2 Å². The second-order valence-electron chi connectivity index (χ2n) is 6.58. The Hall–Kier alpha value is -0.790. The van der Waals surface area contributed by atoms with E-state index in [1.807, 2.05) is 24.3 Å². The molecule has 1 aromatic rings. The van der Waals surface area contributed by atoms with Crippen molar-refractivity contribution in [1.82, 2.24) is 0 Å². The zero-order chi connectivity index (χ0) is 23.1. The minimum atomic E-state index is -0.658. The van der Waals surface area contributed by atoms with Gasteiger partial charge >= 0.3 is 0 Å². The highest BCUT2D eigenvalue weighted by Gasteiger charge is 2.07. The smallest absolute Gasteiger partial charge is 0.102 e. The van der Waals surface area contributed by atoms with Gasteiger partial charge in [0.25, 0.3) is 0 Å². The molecule has 1 rings (SSSR count). The third kappa shape index (κ3) is 17.7. The van der Waals surface area contributed by atoms with Gasteiger partial charge in [0.2, 0.25) is 0 Å². The first kappa shape index (κ1) is 29.2. The molecular formula is C22H38O9S. The van der Waals surface area contributed by atoms with Gasteiger partial charge in [-0.05, 0) is 17.7 Å². The van der Waals surface area contributed by atoms with Crippen molar-refractivity contribution in [3.8, 4) is 0 Å². The molecule has 0 aromatic heterocycles. The number of thiol groups is 1. The largest absolute Gasteiger partial charge is 0.394 e. The lowest BCUT2D eigenvalue weighted by Gasteiger charge is -2.12. The summed E-state index contributed by atoms with van der Waals surface area (Å²) in [7, 11) is 0. The number of hydrogen-bond donors (Lipinski definition) is 3. The summed E-state index contributed by atoms with van der Waals surface area (Å²) >= 11 is 4.22. The van der Waals surface area contributed by atoms with Gasteiger partial charge in [-0.15, -0.1) is 12.6 Å². The van der Waals surface area contributed by atoms with Crippen molar-refractivity contribution < 1.29 is 43.4 Å². The van der Waals surface area contributed by atoms with Crippen molar-refractivity contribution in [1.29, 1.82) is 0 Å². The maximum Gasteiger partial charge on any atom is 0.102 e. The van der Waals surface area contributed by atoms with Gasteiger partial charge in [0.1, 0.15) is 6.10 Å². The Morgan fingerprint density at radius 1 is 0.562 bits per heavy atom. The standard InChI is InChI=1S/C22H38O9S/c23-5-6-25-7-8-26-9-10-27-11-12-28-13-14-29-15-16-30-17-18-31-19-22(24)20-1-3-21(32)4-2-20/h1-4,22-24,32H,5-19H2. The van der Waals surface area contributed by atoms with Crippen molar-refractivity contribution in [3.05, 3.63) is 29.8 Å². The number of ether oxygens (including phenoxy) is 7. The SMILES string of the molecule is OCCOCCOCCOCCOCCOCCOCCOCC(O)c1ccc(S)cc1. The Kier molecular flexibility index (Phi) is 20.1. The van der Waals surface area contributed by atoms with Gasteiger partial charge < -0.3 is 43.4 Å². The summed E-state index contributed by atoms with van der Waals surface area (Å²) in [6, 6.07) is 7.33. The van der Waals surface area contributed by atoms with E-state index >= 15 is 0 Å². The molecule has 186 valence electrons. The van der Waals surface area contributed by atoms with Crippen LogP contribution >= 0.6 is 12.6 Å². The molecule has 0 spiro atoms. The van der Waals surface area contributed by atoms with Gasteiger partial charge in [0.05, 0.1) is 99.1 Å². The summed E-state index contributed by atoms with van der Waals surface area (Å²) in [5.41, 5.74) is 0.803. The summed E-state index contributed by atoms with van der Waals surface area (Å²) < 4.78 is 37.4. The van der Waals surface area contributed by atoms with Crippen LogP contribution in [0.4, 0.5) is 0 Å². The first-order valence-corrected chi connectivity index (χ1v) is 11.3. The predicted octanol–water partition coefficient (Wildman–Crippen LogP) is 1.12. The van der Waals surface area contributed by atoms with Gasteiger partial charge in [-0.2, -0.15) is 0 Å². The van der Waals surface area contributed by atoms with Crippen LogP contribution < -0.4 is 0 Å². The van der Waals surface area contributed by atoms with E-state index in [1.165, 1.54) is 0 Å². The quantitative estimate of drug-likeness (QED) is 0.158. The number of aliphatic hydroxyl groups is 2. The number of rotatable bonds is 23. The Balaban J connectivity index is 1.73. The zero-order valence-corrected chi connectivity index (χ0v) is 19.6. The van der Waals surface area contributed by atoms with Crippen LogP contribution in [0.25, 0.3) is 0 Å². The van der Waals surface area contributed by atoms with Crippen molar-refractivity contribution in [3.63, 3.8) is 0 Å². The molecule has 1 aromatic carbocycles. The zero-order valence-electron chi connectivity index (χ0n) is 18.7. The maximum atomic E-state index is 10.0. The van der Waals surface area contributed by atoms with Crippen LogP contribution in [0.1, 0.15) is 11.7 Å². The summed E-state index contributed by atoms with van der Waals surface area (Å²) in [6.07, 6.45) is -0.658. The highest BCUT2D eigenvalue weighted by atomic mass is 32.1. The normalized spacial score (nSPS) is 12.3. The van der Waals surface area contributed by atoms with Crippen molar-refractivity contribution in [2.45, 2.75) is 11.0 Å². The Morgan fingerprint density at radius 3 is 1.28 bits per heavy atom. The third-order valence-corrected chi connectivity index (χ3v) is 4.32. The first-order chi connectivity index (χ1) is 15.7. The fraction of sp³-hybridized carbons (Fsp3) is 0.727. The summed E-state index contributed by atoms with van der Waals surface area (Å²) in [5.74, 6) is 0. The number of aliphatic hydroxyl groups excluding tert-OH is 2. The topological polar surface area (TPSA) is 105 Å². The fourth-order valence-corrected chi connectivity index (χ4v) is 2.52. The summed E-state index contributed by atoms with van der Waals surface area (Å²) in [4.78, 5) is 0.855. The van der Waals surface area contributed by atoms with Gasteiger partial charge in [-0.25, -0.2) is 0 Å². The fourth-order valence-electron chi connectivity index (χ4n) is 2.37. The van der Waals surface area contributed by atoms with E-state index in [2.05, 4.69) is 12.6 Å². The average molecular weight is 479 g/mol. The minimum absolute atomic E-state index is 0.0258. The van der Waals surface area contributed by atoms with E-state index in [4.69, 9.17) is 38.3 Å². The molecule has 0 aliphatic heterocycles. The van der Waals surface area contributed by atoms with E-state index in [-0.39, 0.29) is 13.2 Å². The van der Waals surface area contributed by atoms with Gasteiger partial charge in [-0.3, -0.25) is 0 Å². The summed E-state index contributed by atoms with van der Waals surface area (Å²) in [5, 5.41) is 18.6. The molecule has 1 atom stereocenters. The molecule has 0 amide bonds. The average Bonchev–Trinajstić information content (AvgIpc) is 2.80. The van der Waals surface area contributed by atoms with E-state index < -0.39 is 6.10 Å². The number of benzene rings is 1. The van der Waals surface area contributed by atoms with E-state index in [9.17, 15) is 5.11 Å². The molecule has 32 heavy (non-hydrogen) atoms. The van der Waals surface area contributed by atoms with Crippen LogP contribution in [0, 0.1) is 0 Å². The monoisotopic (exact) mass is 478 g/mol. The molecule has 0 heterocycles. The highest BCUT2D eigenvalue weighted by Crippen LogP contribution is 2.15. The molecule has 9 nitrogen and oxygen atoms in total. The highest BCUT2D eigenvalue weighted by molar-refractivity contribution is 7.80. The van der Waals surface area contributed by atoms with Gasteiger partial charge in [-0.1, -0.05) is 12.1 Å². The molecule has 10 heteroatoms. The van der Waals surface area contributed by atoms with Crippen LogP contribution in [0.15, 0.2) is 29.2 Å². The molecule has 2 N–H and O–H groups in total. The van der Waals surface area contributed by atoms with Crippen LogP contribution in [0.5, 0.6) is 0 Å². The van der Waals surface area contributed by atoms with Crippen molar-refractivity contribution in [2.75, 3.05) is 99.1 Å². The Labute approximate surface area is 196 Å². The predicted molar refractivity (Wildman–Crippen MR) is 121 cm³/mol. The molecule has 0 fully saturated rings. The maximum absolute atomic E-state index is 10.0. The number of hydrogen-bond acceptors (Lipinski definition) is 10.